The first-order chi connectivity index (χ1) is 19.8. The number of allylic oxidation sites excluding steroid dienone is 2. The largest absolute Gasteiger partial charge is 0.493 e. The highest BCUT2D eigenvalue weighted by molar-refractivity contribution is 6.31. The minimum absolute atomic E-state index is 0.0497. The Morgan fingerprint density at radius 1 is 1.19 bits per heavy atom. The van der Waals surface area contributed by atoms with Crippen molar-refractivity contribution in [1.82, 2.24) is 9.80 Å². The van der Waals surface area contributed by atoms with E-state index >= 15 is 4.39 Å². The van der Waals surface area contributed by atoms with Crippen molar-refractivity contribution >= 4 is 35.1 Å². The van der Waals surface area contributed by atoms with E-state index in [4.69, 9.17) is 32.7 Å². The number of carbonyl (C=O) groups excluding carboxylic acids is 1. The number of piperidine rings is 1. The summed E-state index contributed by atoms with van der Waals surface area (Å²) in [6.45, 7) is 1.85. The molecule has 1 aromatic carbocycles. The number of aliphatic carboxylic acids is 1. The van der Waals surface area contributed by atoms with Crippen LogP contribution in [0.25, 0.3) is 0 Å². The van der Waals surface area contributed by atoms with Crippen molar-refractivity contribution in [2.75, 3.05) is 26.4 Å². The molecular formula is C29H32Cl2F4N2O5. The lowest BCUT2D eigenvalue weighted by Crippen LogP contribution is -2.50. The summed E-state index contributed by atoms with van der Waals surface area (Å²) in [5.41, 5.74) is 0.472. The standard InChI is InChI=1S/C29H32Cl2F4N2O5/c1-15-25(28(39)40)37(14-42-15)27(38)22-11-21(17-2-3-17)24(12-23(22)32)41-13-16-4-6-36(7-5-16)26(29(33,34)35)18-8-19(30)10-20(31)9-18/h8-9,11-12,15-17,19,25-26H,2-7,10,13-14H2,1H3,(H,39,40)/t15-,19+,25+,26-/m1/s1. The summed E-state index contributed by atoms with van der Waals surface area (Å²) in [7, 11) is 0. The zero-order chi connectivity index (χ0) is 30.3. The fourth-order valence-corrected chi connectivity index (χ4v) is 6.66. The molecule has 1 saturated carbocycles. The summed E-state index contributed by atoms with van der Waals surface area (Å²) in [5.74, 6) is -2.51. The highest BCUT2D eigenvalue weighted by Gasteiger charge is 2.47. The van der Waals surface area contributed by atoms with Gasteiger partial charge in [-0.3, -0.25) is 14.6 Å². The second-order valence-corrected chi connectivity index (χ2v) is 12.5. The molecule has 2 heterocycles. The Hall–Kier alpha value is -2.34. The van der Waals surface area contributed by atoms with E-state index < -0.39 is 47.4 Å². The quantitative estimate of drug-likeness (QED) is 0.277. The van der Waals surface area contributed by atoms with Crippen molar-refractivity contribution in [3.05, 3.63) is 51.8 Å². The second kappa shape index (κ2) is 12.3. The molecule has 2 saturated heterocycles. The Kier molecular flexibility index (Phi) is 9.14. The average Bonchev–Trinajstić information content (AvgIpc) is 3.67. The zero-order valence-corrected chi connectivity index (χ0v) is 24.4. The van der Waals surface area contributed by atoms with E-state index in [1.54, 1.807) is 0 Å². The van der Waals surface area contributed by atoms with Gasteiger partial charge in [-0.15, -0.1) is 11.6 Å². The topological polar surface area (TPSA) is 79.3 Å². The molecule has 4 aliphatic rings. The van der Waals surface area contributed by atoms with Crippen molar-refractivity contribution in [2.24, 2.45) is 5.92 Å². The molecular weight excluding hydrogens is 603 g/mol. The van der Waals surface area contributed by atoms with Crippen molar-refractivity contribution < 1.29 is 41.7 Å². The summed E-state index contributed by atoms with van der Waals surface area (Å²) in [5, 5.41) is 9.22. The lowest BCUT2D eigenvalue weighted by molar-refractivity contribution is -0.175. The lowest BCUT2D eigenvalue weighted by atomic mass is 9.92. The van der Waals surface area contributed by atoms with Crippen LogP contribution in [0.15, 0.2) is 34.9 Å². The smallest absolute Gasteiger partial charge is 0.408 e. The van der Waals surface area contributed by atoms with Crippen molar-refractivity contribution in [3.63, 3.8) is 0 Å². The minimum atomic E-state index is -4.50. The summed E-state index contributed by atoms with van der Waals surface area (Å²) in [4.78, 5) is 27.2. The number of halogens is 6. The molecule has 1 aromatic rings. The Balaban J connectivity index is 1.25. The van der Waals surface area contributed by atoms with Gasteiger partial charge in [-0.25, -0.2) is 9.18 Å². The normalized spacial score (nSPS) is 26.5. The summed E-state index contributed by atoms with van der Waals surface area (Å²) < 4.78 is 68.9. The van der Waals surface area contributed by atoms with Gasteiger partial charge < -0.3 is 14.6 Å². The summed E-state index contributed by atoms with van der Waals surface area (Å²) >= 11 is 12.2. The highest BCUT2D eigenvalue weighted by Crippen LogP contribution is 2.46. The monoisotopic (exact) mass is 634 g/mol. The van der Waals surface area contributed by atoms with Gasteiger partial charge in [-0.2, -0.15) is 13.2 Å². The number of carboxylic acids is 1. The van der Waals surface area contributed by atoms with Crippen LogP contribution in [0.5, 0.6) is 5.75 Å². The van der Waals surface area contributed by atoms with Gasteiger partial charge in [0.2, 0.25) is 0 Å². The number of ether oxygens (including phenoxy) is 2. The zero-order valence-electron chi connectivity index (χ0n) is 22.9. The molecule has 3 fully saturated rings. The first-order valence-corrected chi connectivity index (χ1v) is 14.8. The summed E-state index contributed by atoms with van der Waals surface area (Å²) in [6.07, 6.45) is 0.408. The van der Waals surface area contributed by atoms with Crippen LogP contribution in [-0.4, -0.2) is 83.0 Å². The van der Waals surface area contributed by atoms with Gasteiger partial charge in [0.15, 0.2) is 6.04 Å². The SMILES string of the molecule is C[C@H]1OCN(C(=O)c2cc(C3CC3)c(OCC3CCN([C@H](C4=C[C@H](Cl)CC(Cl)=C4)C(F)(F)F)CC3)cc2F)[C@@H]1C(=O)O. The third-order valence-corrected chi connectivity index (χ3v) is 8.86. The second-order valence-electron chi connectivity index (χ2n) is 11.4. The number of nitrogens with zero attached hydrogens (tertiary/aromatic N) is 2. The maximum Gasteiger partial charge on any atom is 0.408 e. The van der Waals surface area contributed by atoms with Crippen molar-refractivity contribution in [1.29, 1.82) is 0 Å². The van der Waals surface area contributed by atoms with Gasteiger partial charge in [-0.1, -0.05) is 17.7 Å². The number of likely N-dealkylation sites (tertiary alicyclic amines) is 1. The molecule has 2 aliphatic heterocycles. The van der Waals surface area contributed by atoms with Gasteiger partial charge in [0.25, 0.3) is 5.91 Å². The van der Waals surface area contributed by atoms with E-state index in [-0.39, 0.29) is 49.4 Å². The molecule has 42 heavy (non-hydrogen) atoms. The molecule has 0 radical (unpaired) electrons. The van der Waals surface area contributed by atoms with Gasteiger partial charge in [0, 0.05) is 17.5 Å². The van der Waals surface area contributed by atoms with Crippen LogP contribution < -0.4 is 4.74 Å². The van der Waals surface area contributed by atoms with E-state index in [0.29, 0.717) is 35.6 Å². The molecule has 13 heteroatoms. The Labute approximate surface area is 251 Å². The molecule has 230 valence electrons. The fourth-order valence-electron chi connectivity index (χ4n) is 5.97. The fraction of sp³-hybridized carbons (Fsp3) is 0.586. The van der Waals surface area contributed by atoms with Crippen LogP contribution in [0.3, 0.4) is 0 Å². The third kappa shape index (κ3) is 6.74. The Morgan fingerprint density at radius 2 is 1.88 bits per heavy atom. The van der Waals surface area contributed by atoms with E-state index in [0.717, 1.165) is 23.8 Å². The first kappa shape index (κ1) is 31.1. The number of carbonyl (C=O) groups is 2. The van der Waals surface area contributed by atoms with Crippen molar-refractivity contribution in [2.45, 2.75) is 74.7 Å². The van der Waals surface area contributed by atoms with Crippen LogP contribution in [0.1, 0.15) is 60.9 Å². The number of benzene rings is 1. The predicted molar refractivity (Wildman–Crippen MR) is 147 cm³/mol. The van der Waals surface area contributed by atoms with E-state index in [9.17, 15) is 27.9 Å². The first-order valence-electron chi connectivity index (χ1n) is 14.0. The third-order valence-electron chi connectivity index (χ3n) is 8.32. The number of hydrogen-bond donors (Lipinski definition) is 1. The Morgan fingerprint density at radius 3 is 2.48 bits per heavy atom. The van der Waals surface area contributed by atoms with Crippen molar-refractivity contribution in [3.8, 4) is 5.75 Å². The molecule has 1 N–H and O–H groups in total. The molecule has 4 atom stereocenters. The van der Waals surface area contributed by atoms with Crippen LogP contribution in [0, 0.1) is 11.7 Å². The Bertz CT molecular complexity index is 1280. The molecule has 0 spiro atoms. The van der Waals surface area contributed by atoms with E-state index in [1.807, 2.05) is 0 Å². The molecule has 0 bridgehead atoms. The molecule has 0 unspecified atom stereocenters. The molecule has 1 amide bonds. The molecule has 2 aliphatic carbocycles. The maximum absolute atomic E-state index is 15.2. The number of carboxylic acid groups (broad SMARTS) is 1. The van der Waals surface area contributed by atoms with Gasteiger partial charge in [0.05, 0.1) is 23.7 Å². The van der Waals surface area contributed by atoms with Crippen LogP contribution >= 0.6 is 23.2 Å². The lowest BCUT2D eigenvalue weighted by Gasteiger charge is -2.39. The van der Waals surface area contributed by atoms with Gasteiger partial charge in [0.1, 0.15) is 24.3 Å². The van der Waals surface area contributed by atoms with E-state index in [2.05, 4.69) is 0 Å². The highest BCUT2D eigenvalue weighted by atomic mass is 35.5. The molecule has 7 nitrogen and oxygen atoms in total. The average molecular weight is 635 g/mol. The molecule has 0 aromatic heterocycles. The summed E-state index contributed by atoms with van der Waals surface area (Å²) in [6, 6.07) is -0.442. The number of alkyl halides is 4. The number of rotatable bonds is 8. The van der Waals surface area contributed by atoms with Crippen LogP contribution in [0.2, 0.25) is 0 Å². The number of amides is 1. The van der Waals surface area contributed by atoms with Crippen LogP contribution in [0.4, 0.5) is 17.6 Å². The van der Waals surface area contributed by atoms with Gasteiger partial charge >= 0.3 is 12.1 Å². The maximum atomic E-state index is 15.2. The van der Waals surface area contributed by atoms with Gasteiger partial charge in [-0.05, 0) is 80.8 Å². The van der Waals surface area contributed by atoms with E-state index in [1.165, 1.54) is 30.0 Å². The predicted octanol–water partition coefficient (Wildman–Crippen LogP) is 6.06. The minimum Gasteiger partial charge on any atom is -0.493 e. The number of hydrogen-bond acceptors (Lipinski definition) is 5. The molecule has 5 rings (SSSR count). The van der Waals surface area contributed by atoms with Crippen LogP contribution in [-0.2, 0) is 9.53 Å².